The maximum Gasteiger partial charge on any atom is 0.308 e. The second-order valence-corrected chi connectivity index (χ2v) is 14.0. The molecule has 7 heteroatoms. The molecule has 1 saturated heterocycles. The van der Waals surface area contributed by atoms with Gasteiger partial charge >= 0.3 is 11.9 Å². The van der Waals surface area contributed by atoms with Crippen LogP contribution in [0.2, 0.25) is 0 Å². The molecule has 3 atom stereocenters. The highest BCUT2D eigenvalue weighted by atomic mass is 16.6. The molecule has 45 heavy (non-hydrogen) atoms. The number of piperidine rings is 1. The van der Waals surface area contributed by atoms with Crippen molar-refractivity contribution in [2.75, 3.05) is 26.2 Å². The molecular weight excluding hydrogens is 564 g/mol. The number of likely N-dealkylation sites (tertiary alicyclic amines) is 1. The van der Waals surface area contributed by atoms with Crippen molar-refractivity contribution in [1.29, 1.82) is 0 Å². The lowest BCUT2D eigenvalue weighted by atomic mass is 9.54. The van der Waals surface area contributed by atoms with Crippen LogP contribution in [0.1, 0.15) is 82.1 Å². The Morgan fingerprint density at radius 3 is 2.40 bits per heavy atom. The van der Waals surface area contributed by atoms with Crippen molar-refractivity contribution >= 4 is 28.6 Å². The molecule has 0 aromatic heterocycles. The van der Waals surface area contributed by atoms with E-state index in [-0.39, 0.29) is 29.8 Å². The number of esters is 2. The zero-order valence-corrected chi connectivity index (χ0v) is 27.1. The third-order valence-corrected chi connectivity index (χ3v) is 10.1. The number of carbonyl (C=O) groups excluding carboxylic acids is 3. The number of hydrogen-bond acceptors (Lipinski definition) is 6. The maximum absolute atomic E-state index is 14.4. The first-order valence-corrected chi connectivity index (χ1v) is 16.6. The van der Waals surface area contributed by atoms with E-state index in [1.165, 1.54) is 26.7 Å². The van der Waals surface area contributed by atoms with Gasteiger partial charge in [-0.1, -0.05) is 56.3 Å². The van der Waals surface area contributed by atoms with E-state index in [9.17, 15) is 14.4 Å². The lowest BCUT2D eigenvalue weighted by Crippen LogP contribution is -2.69. The number of fused-ring (bicyclic) bond motifs is 2. The second kappa shape index (κ2) is 12.6. The first kappa shape index (κ1) is 31.3. The molecule has 6 rings (SSSR count). The zero-order valence-electron chi connectivity index (χ0n) is 27.1. The first-order valence-electron chi connectivity index (χ1n) is 16.6. The van der Waals surface area contributed by atoms with Gasteiger partial charge in [0.1, 0.15) is 11.4 Å². The smallest absolute Gasteiger partial charge is 0.308 e. The number of nitrogens with zero attached hydrogens (tertiary/aromatic N) is 2. The van der Waals surface area contributed by atoms with Crippen LogP contribution in [0.5, 0.6) is 5.75 Å². The number of ether oxygens (including phenoxy) is 2. The molecule has 3 fully saturated rings. The molecule has 2 aliphatic carbocycles. The van der Waals surface area contributed by atoms with Crippen molar-refractivity contribution in [3.8, 4) is 5.75 Å². The Bertz CT molecular complexity index is 1580. The first-order chi connectivity index (χ1) is 21.6. The SMILES string of the molecule is CC(=O)Oc1cccc([C@@]23CCN(CC4CC4)C[C@@]2(OC(C)=O)CC[C@@H](N(CC(C)C)C(=O)c2ccc4ccccc4c2)C3)c1. The van der Waals surface area contributed by atoms with Crippen molar-refractivity contribution in [3.05, 3.63) is 77.9 Å². The number of benzene rings is 3. The summed E-state index contributed by atoms with van der Waals surface area (Å²) in [6.07, 6.45) is 5.35. The van der Waals surface area contributed by atoms with Crippen molar-refractivity contribution in [2.24, 2.45) is 11.8 Å². The molecule has 1 aliphatic heterocycles. The minimum atomic E-state index is -0.757. The summed E-state index contributed by atoms with van der Waals surface area (Å²) in [4.78, 5) is 43.8. The van der Waals surface area contributed by atoms with E-state index < -0.39 is 11.0 Å². The van der Waals surface area contributed by atoms with Gasteiger partial charge in [-0.3, -0.25) is 19.3 Å². The molecule has 0 unspecified atom stereocenters. The molecule has 238 valence electrons. The van der Waals surface area contributed by atoms with Crippen molar-refractivity contribution in [2.45, 2.75) is 83.3 Å². The van der Waals surface area contributed by atoms with Gasteiger partial charge in [0.15, 0.2) is 0 Å². The predicted molar refractivity (Wildman–Crippen MR) is 175 cm³/mol. The van der Waals surface area contributed by atoms with Crippen LogP contribution >= 0.6 is 0 Å². The number of hydrogen-bond donors (Lipinski definition) is 0. The maximum atomic E-state index is 14.4. The van der Waals surface area contributed by atoms with Crippen LogP contribution in [0, 0.1) is 11.8 Å². The van der Waals surface area contributed by atoms with E-state index in [0.717, 1.165) is 48.2 Å². The highest BCUT2D eigenvalue weighted by molar-refractivity contribution is 5.98. The van der Waals surface area contributed by atoms with E-state index in [2.05, 4.69) is 35.8 Å². The van der Waals surface area contributed by atoms with Crippen LogP contribution < -0.4 is 4.74 Å². The van der Waals surface area contributed by atoms with Gasteiger partial charge in [0.05, 0.1) is 0 Å². The zero-order chi connectivity index (χ0) is 31.8. The summed E-state index contributed by atoms with van der Waals surface area (Å²) in [5.41, 5.74) is 0.376. The Hall–Kier alpha value is -3.71. The summed E-state index contributed by atoms with van der Waals surface area (Å²) in [7, 11) is 0. The fourth-order valence-corrected chi connectivity index (χ4v) is 8.05. The average molecular weight is 611 g/mol. The largest absolute Gasteiger partial charge is 0.457 e. The highest BCUT2D eigenvalue weighted by Crippen LogP contribution is 2.55. The van der Waals surface area contributed by atoms with Crippen LogP contribution in [0.25, 0.3) is 10.8 Å². The number of carbonyl (C=O) groups is 3. The van der Waals surface area contributed by atoms with E-state index in [4.69, 9.17) is 9.47 Å². The van der Waals surface area contributed by atoms with Crippen LogP contribution in [-0.2, 0) is 19.7 Å². The molecule has 0 radical (unpaired) electrons. The van der Waals surface area contributed by atoms with Crippen LogP contribution in [-0.4, -0.2) is 65.5 Å². The standard InChI is InChI=1S/C38H46N2O5/c1-26(2)23-40(36(43)32-15-14-30-8-5-6-9-31(30)20-32)34-16-17-38(45-28(4)42)25-39(24-29-12-13-29)19-18-37(38,22-34)33-10-7-11-35(21-33)44-27(3)41/h5-11,14-15,20-21,26,29,34H,12-13,16-19,22-25H2,1-4H3/t34-,37+,38+/m1/s1. The summed E-state index contributed by atoms with van der Waals surface area (Å²) >= 11 is 0. The molecule has 1 heterocycles. The van der Waals surface area contributed by atoms with Gasteiger partial charge in [-0.2, -0.15) is 0 Å². The van der Waals surface area contributed by atoms with Gasteiger partial charge in [-0.25, -0.2) is 0 Å². The molecule has 2 saturated carbocycles. The quantitative estimate of drug-likeness (QED) is 0.197. The molecular formula is C38H46N2O5. The molecule has 1 amide bonds. The minimum absolute atomic E-state index is 0.0365. The van der Waals surface area contributed by atoms with Crippen LogP contribution in [0.15, 0.2) is 66.7 Å². The summed E-state index contributed by atoms with van der Waals surface area (Å²) in [5, 5.41) is 2.16. The van der Waals surface area contributed by atoms with E-state index >= 15 is 0 Å². The summed E-state index contributed by atoms with van der Waals surface area (Å²) < 4.78 is 12.1. The van der Waals surface area contributed by atoms with Crippen molar-refractivity contribution in [3.63, 3.8) is 0 Å². The Balaban J connectivity index is 1.41. The van der Waals surface area contributed by atoms with Gasteiger partial charge in [-0.15, -0.1) is 0 Å². The summed E-state index contributed by atoms with van der Waals surface area (Å²) in [6, 6.07) is 21.8. The molecule has 3 aromatic carbocycles. The molecule has 0 N–H and O–H groups in total. The highest BCUT2D eigenvalue weighted by Gasteiger charge is 2.61. The average Bonchev–Trinajstić information content (AvgIpc) is 3.82. The molecule has 3 aliphatic rings. The normalized spacial score (nSPS) is 25.0. The molecule has 0 bridgehead atoms. The second-order valence-electron chi connectivity index (χ2n) is 14.0. The third-order valence-electron chi connectivity index (χ3n) is 10.1. The van der Waals surface area contributed by atoms with E-state index in [1.54, 1.807) is 6.07 Å². The van der Waals surface area contributed by atoms with Gasteiger partial charge < -0.3 is 14.4 Å². The van der Waals surface area contributed by atoms with Gasteiger partial charge in [0, 0.05) is 50.5 Å². The Morgan fingerprint density at radius 2 is 1.69 bits per heavy atom. The Morgan fingerprint density at radius 1 is 0.911 bits per heavy atom. The number of amides is 1. The van der Waals surface area contributed by atoms with Crippen LogP contribution in [0.4, 0.5) is 0 Å². The number of rotatable bonds is 9. The van der Waals surface area contributed by atoms with E-state index in [1.807, 2.05) is 48.5 Å². The molecule has 7 nitrogen and oxygen atoms in total. The fraction of sp³-hybridized carbons (Fsp3) is 0.500. The molecule has 3 aromatic rings. The predicted octanol–water partition coefficient (Wildman–Crippen LogP) is 6.77. The van der Waals surface area contributed by atoms with Crippen molar-refractivity contribution < 1.29 is 23.9 Å². The van der Waals surface area contributed by atoms with Gasteiger partial charge in [0.2, 0.25) is 0 Å². The Kier molecular flexibility index (Phi) is 8.75. The van der Waals surface area contributed by atoms with Crippen molar-refractivity contribution in [1.82, 2.24) is 9.80 Å². The van der Waals surface area contributed by atoms with Gasteiger partial charge in [0.25, 0.3) is 5.91 Å². The summed E-state index contributed by atoms with van der Waals surface area (Å²) in [5.74, 6) is 0.860. The lowest BCUT2D eigenvalue weighted by Gasteiger charge is -2.60. The monoisotopic (exact) mass is 610 g/mol. The minimum Gasteiger partial charge on any atom is -0.457 e. The van der Waals surface area contributed by atoms with E-state index in [0.29, 0.717) is 37.2 Å². The lowest BCUT2D eigenvalue weighted by molar-refractivity contribution is -0.189. The van der Waals surface area contributed by atoms with Gasteiger partial charge in [-0.05, 0) is 97.5 Å². The topological polar surface area (TPSA) is 76.2 Å². The third kappa shape index (κ3) is 6.51. The Labute approximate surface area is 266 Å². The molecule has 0 spiro atoms. The summed E-state index contributed by atoms with van der Waals surface area (Å²) in [6.45, 7) is 10.4. The fourth-order valence-electron chi connectivity index (χ4n) is 8.05. The van der Waals surface area contributed by atoms with Crippen LogP contribution in [0.3, 0.4) is 0 Å².